The van der Waals surface area contributed by atoms with Crippen LogP contribution in [0, 0.1) is 11.7 Å². The number of piperidine rings is 1. The van der Waals surface area contributed by atoms with Gasteiger partial charge in [-0.25, -0.2) is 4.39 Å². The predicted molar refractivity (Wildman–Crippen MR) is 85.2 cm³/mol. The van der Waals surface area contributed by atoms with E-state index in [2.05, 4.69) is 0 Å². The third kappa shape index (κ3) is 3.86. The monoisotopic (exact) mass is 314 g/mol. The van der Waals surface area contributed by atoms with Crippen LogP contribution in [0.25, 0.3) is 0 Å². The zero-order valence-corrected chi connectivity index (χ0v) is 12.8. The third-order valence-electron chi connectivity index (χ3n) is 4.23. The number of likely N-dealkylation sites (tertiary alicyclic amines) is 1. The lowest BCUT2D eigenvalue weighted by molar-refractivity contribution is -0.135. The van der Waals surface area contributed by atoms with Gasteiger partial charge >= 0.3 is 0 Å². The molecule has 2 aromatic rings. The molecule has 0 radical (unpaired) electrons. The van der Waals surface area contributed by atoms with Gasteiger partial charge in [0.15, 0.2) is 0 Å². The zero-order chi connectivity index (χ0) is 16.2. The Labute approximate surface area is 134 Å². The highest BCUT2D eigenvalue weighted by Crippen LogP contribution is 2.21. The average molecular weight is 314 g/mol. The molecular formula is C18H19FN2O2. The molecule has 1 fully saturated rings. The molecule has 0 spiro atoms. The van der Waals surface area contributed by atoms with Crippen LogP contribution in [0.1, 0.15) is 18.4 Å². The van der Waals surface area contributed by atoms with Crippen molar-refractivity contribution in [1.82, 2.24) is 9.47 Å². The van der Waals surface area contributed by atoms with E-state index in [0.717, 1.165) is 18.1 Å². The number of rotatable bonds is 4. The number of carbonyl (C=O) groups is 1. The first-order chi connectivity index (χ1) is 11.1. The van der Waals surface area contributed by atoms with Crippen LogP contribution in [-0.2, 0) is 17.9 Å². The minimum atomic E-state index is -0.518. The Morgan fingerprint density at radius 3 is 2.65 bits per heavy atom. The van der Waals surface area contributed by atoms with Crippen molar-refractivity contribution in [2.24, 2.45) is 5.92 Å². The summed E-state index contributed by atoms with van der Waals surface area (Å²) in [5.74, 6) is -0.160. The molecule has 1 unspecified atom stereocenters. The van der Waals surface area contributed by atoms with E-state index < -0.39 is 5.82 Å². The van der Waals surface area contributed by atoms with E-state index in [9.17, 15) is 14.0 Å². The standard InChI is InChI=1S/C18H19FN2O2/c19-16-8-9-20(18(23)10-16)12-15-6-7-17(22)21(13-15)11-14-4-2-1-3-5-14/h1-5,8-10,15H,6-7,11-13H2. The number of amides is 1. The number of benzene rings is 1. The van der Waals surface area contributed by atoms with E-state index in [1.807, 2.05) is 35.2 Å². The maximum Gasteiger partial charge on any atom is 0.253 e. The molecule has 0 saturated carbocycles. The van der Waals surface area contributed by atoms with Gasteiger partial charge in [-0.3, -0.25) is 9.59 Å². The Balaban J connectivity index is 1.68. The predicted octanol–water partition coefficient (Wildman–Crippen LogP) is 2.43. The van der Waals surface area contributed by atoms with E-state index >= 15 is 0 Å². The molecular weight excluding hydrogens is 295 g/mol. The Bertz CT molecular complexity index is 742. The van der Waals surface area contributed by atoms with Crippen molar-refractivity contribution in [2.45, 2.75) is 25.9 Å². The lowest BCUT2D eigenvalue weighted by Gasteiger charge is -2.33. The first-order valence-electron chi connectivity index (χ1n) is 7.79. The average Bonchev–Trinajstić information content (AvgIpc) is 2.54. The Hall–Kier alpha value is -2.43. The highest BCUT2D eigenvalue weighted by molar-refractivity contribution is 5.76. The summed E-state index contributed by atoms with van der Waals surface area (Å²) in [5.41, 5.74) is 0.761. The number of halogens is 1. The molecule has 0 N–H and O–H groups in total. The second-order valence-corrected chi connectivity index (χ2v) is 6.00. The van der Waals surface area contributed by atoms with E-state index in [-0.39, 0.29) is 17.4 Å². The van der Waals surface area contributed by atoms with Crippen molar-refractivity contribution < 1.29 is 9.18 Å². The van der Waals surface area contributed by atoms with E-state index in [1.54, 1.807) is 0 Å². The van der Waals surface area contributed by atoms with Gasteiger partial charge < -0.3 is 9.47 Å². The Morgan fingerprint density at radius 2 is 1.91 bits per heavy atom. The molecule has 1 aliphatic rings. The maximum atomic E-state index is 13.0. The molecule has 0 bridgehead atoms. The number of nitrogens with zero attached hydrogens (tertiary/aromatic N) is 2. The smallest absolute Gasteiger partial charge is 0.253 e. The zero-order valence-electron chi connectivity index (χ0n) is 12.8. The molecule has 4 nitrogen and oxygen atoms in total. The molecule has 1 amide bonds. The van der Waals surface area contributed by atoms with Crippen molar-refractivity contribution in [3.05, 3.63) is 70.4 Å². The first-order valence-corrected chi connectivity index (χ1v) is 7.79. The fourth-order valence-corrected chi connectivity index (χ4v) is 3.01. The molecule has 1 aliphatic heterocycles. The van der Waals surface area contributed by atoms with Crippen LogP contribution < -0.4 is 5.56 Å². The minimum Gasteiger partial charge on any atom is -0.338 e. The molecule has 23 heavy (non-hydrogen) atoms. The van der Waals surface area contributed by atoms with Gasteiger partial charge in [-0.2, -0.15) is 0 Å². The van der Waals surface area contributed by atoms with Gasteiger partial charge in [0, 0.05) is 38.3 Å². The highest BCUT2D eigenvalue weighted by atomic mass is 19.1. The van der Waals surface area contributed by atoms with Crippen molar-refractivity contribution in [3.63, 3.8) is 0 Å². The fraction of sp³-hybridized carbons (Fsp3) is 0.333. The summed E-state index contributed by atoms with van der Waals surface area (Å²) in [4.78, 5) is 25.8. The first kappa shape index (κ1) is 15.5. The number of aromatic nitrogens is 1. The normalized spacial score (nSPS) is 18.2. The molecule has 5 heteroatoms. The lowest BCUT2D eigenvalue weighted by Crippen LogP contribution is -2.41. The molecule has 3 rings (SSSR count). The summed E-state index contributed by atoms with van der Waals surface area (Å²) < 4.78 is 14.5. The molecule has 1 aromatic carbocycles. The van der Waals surface area contributed by atoms with Crippen molar-refractivity contribution in [3.8, 4) is 0 Å². The summed E-state index contributed by atoms with van der Waals surface area (Å²) in [7, 11) is 0. The van der Waals surface area contributed by atoms with Gasteiger partial charge in [0.1, 0.15) is 5.82 Å². The fourth-order valence-electron chi connectivity index (χ4n) is 3.01. The van der Waals surface area contributed by atoms with Crippen LogP contribution in [-0.4, -0.2) is 21.9 Å². The maximum absolute atomic E-state index is 13.0. The van der Waals surface area contributed by atoms with Crippen LogP contribution in [0.3, 0.4) is 0 Å². The Kier molecular flexibility index (Phi) is 4.55. The quantitative estimate of drug-likeness (QED) is 0.870. The summed E-state index contributed by atoms with van der Waals surface area (Å²) in [6.45, 7) is 1.73. The molecule has 120 valence electrons. The van der Waals surface area contributed by atoms with Gasteiger partial charge in [0.05, 0.1) is 0 Å². The summed E-state index contributed by atoms with van der Waals surface area (Å²) in [6, 6.07) is 12.2. The Morgan fingerprint density at radius 1 is 1.13 bits per heavy atom. The topological polar surface area (TPSA) is 42.3 Å². The van der Waals surface area contributed by atoms with Gasteiger partial charge in [0.25, 0.3) is 5.56 Å². The molecule has 1 atom stereocenters. The number of carbonyl (C=O) groups excluding carboxylic acids is 1. The van der Waals surface area contributed by atoms with Crippen LogP contribution in [0.15, 0.2) is 53.5 Å². The SMILES string of the molecule is O=C1CCC(Cn2ccc(F)cc2=O)CN1Cc1ccccc1. The van der Waals surface area contributed by atoms with E-state index in [0.29, 0.717) is 26.1 Å². The van der Waals surface area contributed by atoms with Gasteiger partial charge in [0.2, 0.25) is 5.91 Å². The third-order valence-corrected chi connectivity index (χ3v) is 4.23. The second kappa shape index (κ2) is 6.77. The molecule has 2 heterocycles. The lowest BCUT2D eigenvalue weighted by atomic mass is 9.96. The van der Waals surface area contributed by atoms with Crippen LogP contribution in [0.5, 0.6) is 0 Å². The number of pyridine rings is 1. The molecule has 1 saturated heterocycles. The number of hydrogen-bond donors (Lipinski definition) is 0. The minimum absolute atomic E-state index is 0.150. The molecule has 1 aromatic heterocycles. The van der Waals surface area contributed by atoms with Crippen molar-refractivity contribution in [2.75, 3.05) is 6.54 Å². The van der Waals surface area contributed by atoms with Crippen molar-refractivity contribution in [1.29, 1.82) is 0 Å². The summed E-state index contributed by atoms with van der Waals surface area (Å²) >= 11 is 0. The van der Waals surface area contributed by atoms with Crippen molar-refractivity contribution >= 4 is 5.91 Å². The largest absolute Gasteiger partial charge is 0.338 e. The van der Waals surface area contributed by atoms with Crippen LogP contribution >= 0.6 is 0 Å². The van der Waals surface area contributed by atoms with E-state index in [1.165, 1.54) is 16.8 Å². The van der Waals surface area contributed by atoms with Gasteiger partial charge in [-0.15, -0.1) is 0 Å². The van der Waals surface area contributed by atoms with E-state index in [4.69, 9.17) is 0 Å². The van der Waals surface area contributed by atoms with Gasteiger partial charge in [-0.05, 0) is 24.0 Å². The van der Waals surface area contributed by atoms with Crippen LogP contribution in [0.4, 0.5) is 4.39 Å². The molecule has 0 aliphatic carbocycles. The number of hydrogen-bond acceptors (Lipinski definition) is 2. The highest BCUT2D eigenvalue weighted by Gasteiger charge is 2.26. The summed E-state index contributed by atoms with van der Waals surface area (Å²) in [5, 5.41) is 0. The summed E-state index contributed by atoms with van der Waals surface area (Å²) in [6.07, 6.45) is 2.73. The van der Waals surface area contributed by atoms with Gasteiger partial charge in [-0.1, -0.05) is 30.3 Å². The van der Waals surface area contributed by atoms with Crippen LogP contribution in [0.2, 0.25) is 0 Å². The second-order valence-electron chi connectivity index (χ2n) is 6.00.